The lowest BCUT2D eigenvalue weighted by molar-refractivity contribution is -0.137. The summed E-state index contributed by atoms with van der Waals surface area (Å²) in [7, 11) is 0. The Morgan fingerprint density at radius 3 is 2.12 bits per heavy atom. The number of nitrogens with zero attached hydrogens (tertiary/aromatic N) is 1. The quantitative estimate of drug-likeness (QED) is 0.864. The summed E-state index contributed by atoms with van der Waals surface area (Å²) in [5.41, 5.74) is 0.584. The van der Waals surface area contributed by atoms with Crippen LogP contribution >= 0.6 is 0 Å². The first-order valence-electron chi connectivity index (χ1n) is 9.92. The van der Waals surface area contributed by atoms with Gasteiger partial charge in [0.2, 0.25) is 11.8 Å². The molecule has 0 aromatic heterocycles. The molecule has 1 heterocycles. The van der Waals surface area contributed by atoms with Crippen molar-refractivity contribution in [1.82, 2.24) is 10.2 Å². The number of piperidine rings is 1. The molecular weight excluding hydrogens is 300 g/mol. The summed E-state index contributed by atoms with van der Waals surface area (Å²) in [4.78, 5) is 26.9. The highest BCUT2D eigenvalue weighted by atomic mass is 16.2. The molecule has 2 bridgehead atoms. The molecule has 0 aromatic rings. The van der Waals surface area contributed by atoms with Gasteiger partial charge in [0.25, 0.3) is 0 Å². The van der Waals surface area contributed by atoms with E-state index in [2.05, 4.69) is 26.1 Å². The van der Waals surface area contributed by atoms with E-state index in [1.807, 2.05) is 4.90 Å². The van der Waals surface area contributed by atoms with Crippen molar-refractivity contribution < 1.29 is 9.59 Å². The van der Waals surface area contributed by atoms with Gasteiger partial charge in [0.15, 0.2) is 0 Å². The lowest BCUT2D eigenvalue weighted by Gasteiger charge is -2.40. The van der Waals surface area contributed by atoms with E-state index in [0.29, 0.717) is 23.3 Å². The van der Waals surface area contributed by atoms with E-state index in [1.54, 1.807) is 0 Å². The molecule has 0 radical (unpaired) electrons. The zero-order valence-electron chi connectivity index (χ0n) is 15.4. The van der Waals surface area contributed by atoms with Gasteiger partial charge in [-0.1, -0.05) is 20.8 Å². The first-order chi connectivity index (χ1) is 11.3. The molecule has 4 fully saturated rings. The third kappa shape index (κ3) is 2.40. The van der Waals surface area contributed by atoms with Crippen LogP contribution in [-0.4, -0.2) is 35.8 Å². The summed E-state index contributed by atoms with van der Waals surface area (Å²) in [5.74, 6) is 1.72. The maximum atomic E-state index is 12.8. The minimum atomic E-state index is 0.0964. The van der Waals surface area contributed by atoms with Gasteiger partial charge >= 0.3 is 0 Å². The lowest BCUT2D eigenvalue weighted by Crippen LogP contribution is -2.50. The Hall–Kier alpha value is -1.06. The molecule has 4 rings (SSSR count). The Kier molecular flexibility index (Phi) is 3.74. The topological polar surface area (TPSA) is 49.4 Å². The van der Waals surface area contributed by atoms with E-state index in [9.17, 15) is 9.59 Å². The van der Waals surface area contributed by atoms with Crippen LogP contribution < -0.4 is 5.32 Å². The van der Waals surface area contributed by atoms with E-state index in [-0.39, 0.29) is 17.2 Å². The fourth-order valence-corrected chi connectivity index (χ4v) is 5.66. The fraction of sp³-hybridized carbons (Fsp3) is 0.900. The van der Waals surface area contributed by atoms with Crippen molar-refractivity contribution in [2.45, 2.75) is 71.8 Å². The predicted molar refractivity (Wildman–Crippen MR) is 93.2 cm³/mol. The van der Waals surface area contributed by atoms with Crippen LogP contribution in [0.4, 0.5) is 0 Å². The first-order valence-corrected chi connectivity index (χ1v) is 9.92. The van der Waals surface area contributed by atoms with Gasteiger partial charge in [0, 0.05) is 31.0 Å². The zero-order valence-corrected chi connectivity index (χ0v) is 15.4. The SMILES string of the molecule is CC1(C)[C@H]2CC[C@@]1(C)[C@@H](NC(=O)C1CCN(C(=O)C3CC3)CC1)C2. The number of nitrogens with one attached hydrogen (secondary N) is 1. The Labute approximate surface area is 145 Å². The monoisotopic (exact) mass is 332 g/mol. The number of fused-ring (bicyclic) bond motifs is 2. The van der Waals surface area contributed by atoms with Crippen molar-refractivity contribution in [3.63, 3.8) is 0 Å². The lowest BCUT2D eigenvalue weighted by atomic mass is 9.69. The second-order valence-corrected chi connectivity index (χ2v) is 9.55. The van der Waals surface area contributed by atoms with Gasteiger partial charge in [-0.05, 0) is 61.7 Å². The average Bonchev–Trinajstić information content (AvgIpc) is 3.35. The number of hydrogen-bond donors (Lipinski definition) is 1. The molecule has 3 saturated carbocycles. The van der Waals surface area contributed by atoms with Crippen molar-refractivity contribution in [3.05, 3.63) is 0 Å². The molecule has 4 nitrogen and oxygen atoms in total. The molecule has 1 N–H and O–H groups in total. The normalized spacial score (nSPS) is 38.4. The van der Waals surface area contributed by atoms with Crippen LogP contribution in [0, 0.1) is 28.6 Å². The summed E-state index contributed by atoms with van der Waals surface area (Å²) in [6, 6.07) is 0.338. The van der Waals surface area contributed by atoms with E-state index >= 15 is 0 Å². The minimum Gasteiger partial charge on any atom is -0.353 e. The summed E-state index contributed by atoms with van der Waals surface area (Å²) in [6.45, 7) is 8.69. The molecule has 3 aliphatic carbocycles. The van der Waals surface area contributed by atoms with E-state index in [1.165, 1.54) is 12.8 Å². The van der Waals surface area contributed by atoms with E-state index < -0.39 is 0 Å². The van der Waals surface area contributed by atoms with Crippen LogP contribution in [0.25, 0.3) is 0 Å². The van der Waals surface area contributed by atoms with Gasteiger partial charge in [-0.2, -0.15) is 0 Å². The molecule has 1 saturated heterocycles. The average molecular weight is 332 g/mol. The van der Waals surface area contributed by atoms with Gasteiger partial charge in [-0.3, -0.25) is 9.59 Å². The van der Waals surface area contributed by atoms with Crippen molar-refractivity contribution in [2.24, 2.45) is 28.6 Å². The molecule has 1 aliphatic heterocycles. The Balaban J connectivity index is 1.32. The summed E-state index contributed by atoms with van der Waals surface area (Å²) < 4.78 is 0. The summed E-state index contributed by atoms with van der Waals surface area (Å²) in [5, 5.41) is 3.41. The largest absolute Gasteiger partial charge is 0.353 e. The van der Waals surface area contributed by atoms with Gasteiger partial charge in [0.05, 0.1) is 0 Å². The number of carbonyl (C=O) groups is 2. The molecule has 134 valence electrons. The Morgan fingerprint density at radius 2 is 1.62 bits per heavy atom. The zero-order chi connectivity index (χ0) is 17.1. The molecule has 0 aromatic carbocycles. The van der Waals surface area contributed by atoms with Crippen molar-refractivity contribution in [1.29, 1.82) is 0 Å². The minimum absolute atomic E-state index is 0.0964. The van der Waals surface area contributed by atoms with E-state index in [4.69, 9.17) is 0 Å². The standard InChI is InChI=1S/C20H32N2O2/c1-19(2)15-6-9-20(19,3)16(12-15)21-17(23)13-7-10-22(11-8-13)18(24)14-4-5-14/h13-16H,4-12H2,1-3H3,(H,21,23)/t15-,16-,20-/m0/s1. The van der Waals surface area contributed by atoms with Crippen LogP contribution in [0.2, 0.25) is 0 Å². The van der Waals surface area contributed by atoms with Crippen LogP contribution in [0.3, 0.4) is 0 Å². The number of hydrogen-bond acceptors (Lipinski definition) is 2. The molecule has 2 amide bonds. The van der Waals surface area contributed by atoms with Gasteiger partial charge in [0.1, 0.15) is 0 Å². The molecule has 4 aliphatic rings. The first kappa shape index (κ1) is 16.4. The number of rotatable bonds is 3. The molecule has 0 spiro atoms. The van der Waals surface area contributed by atoms with Gasteiger partial charge in [-0.15, -0.1) is 0 Å². The summed E-state index contributed by atoms with van der Waals surface area (Å²) >= 11 is 0. The molecular formula is C20H32N2O2. The fourth-order valence-electron chi connectivity index (χ4n) is 5.66. The highest BCUT2D eigenvalue weighted by molar-refractivity contribution is 5.82. The van der Waals surface area contributed by atoms with Crippen molar-refractivity contribution in [2.75, 3.05) is 13.1 Å². The number of likely N-dealkylation sites (tertiary alicyclic amines) is 1. The smallest absolute Gasteiger partial charge is 0.225 e. The summed E-state index contributed by atoms with van der Waals surface area (Å²) in [6.07, 6.45) is 7.50. The van der Waals surface area contributed by atoms with Gasteiger partial charge in [-0.25, -0.2) is 0 Å². The number of carbonyl (C=O) groups excluding carboxylic acids is 2. The number of amides is 2. The third-order valence-corrected chi connectivity index (χ3v) is 8.21. The highest BCUT2D eigenvalue weighted by Crippen LogP contribution is 2.65. The second-order valence-electron chi connectivity index (χ2n) is 9.55. The maximum absolute atomic E-state index is 12.8. The van der Waals surface area contributed by atoms with Crippen LogP contribution in [0.1, 0.15) is 65.7 Å². The molecule has 3 atom stereocenters. The highest BCUT2D eigenvalue weighted by Gasteiger charge is 2.61. The third-order valence-electron chi connectivity index (χ3n) is 8.21. The second kappa shape index (κ2) is 5.47. The van der Waals surface area contributed by atoms with Crippen LogP contribution in [0.15, 0.2) is 0 Å². The van der Waals surface area contributed by atoms with E-state index in [0.717, 1.165) is 51.1 Å². The molecule has 4 heteroatoms. The van der Waals surface area contributed by atoms with Gasteiger partial charge < -0.3 is 10.2 Å². The Morgan fingerprint density at radius 1 is 0.958 bits per heavy atom. The van der Waals surface area contributed by atoms with Crippen molar-refractivity contribution in [3.8, 4) is 0 Å². The van der Waals surface area contributed by atoms with Crippen LogP contribution in [0.5, 0.6) is 0 Å². The predicted octanol–water partition coefficient (Wildman–Crippen LogP) is 2.97. The molecule has 0 unspecified atom stereocenters. The molecule has 24 heavy (non-hydrogen) atoms. The van der Waals surface area contributed by atoms with Crippen molar-refractivity contribution >= 4 is 11.8 Å². The Bertz CT molecular complexity index is 546. The maximum Gasteiger partial charge on any atom is 0.225 e. The van der Waals surface area contributed by atoms with Crippen LogP contribution in [-0.2, 0) is 9.59 Å².